The molecule has 1 heterocycles. The van der Waals surface area contributed by atoms with E-state index in [0.29, 0.717) is 17.2 Å². The second-order valence-electron chi connectivity index (χ2n) is 4.91. The molecule has 0 saturated carbocycles. The van der Waals surface area contributed by atoms with Crippen LogP contribution in [-0.2, 0) is 0 Å². The molecule has 0 unspecified atom stereocenters. The van der Waals surface area contributed by atoms with Gasteiger partial charge in [-0.1, -0.05) is 30.3 Å². The molecular weight excluding hydrogens is 322 g/mol. The molecule has 2 N–H and O–H groups in total. The van der Waals surface area contributed by atoms with E-state index < -0.39 is 0 Å². The summed E-state index contributed by atoms with van der Waals surface area (Å²) in [6.07, 6.45) is 1.72. The molecule has 1 aromatic heterocycles. The first-order valence-electron chi connectivity index (χ1n) is 7.52. The van der Waals surface area contributed by atoms with Crippen LogP contribution in [0.3, 0.4) is 0 Å². The third-order valence-electron chi connectivity index (χ3n) is 3.27. The maximum atomic E-state index is 5.45. The Kier molecular flexibility index (Phi) is 5.02. The van der Waals surface area contributed by atoms with Gasteiger partial charge >= 0.3 is 0 Å². The van der Waals surface area contributed by atoms with E-state index >= 15 is 0 Å². The van der Waals surface area contributed by atoms with Crippen LogP contribution in [0.5, 0.6) is 5.75 Å². The highest BCUT2D eigenvalue weighted by Gasteiger charge is 2.08. The number of aromatic nitrogens is 3. The Hall–Kier alpha value is -2.93. The molecule has 0 bridgehead atoms. The normalized spacial score (nSPS) is 10.9. The SMILES string of the molecule is CCOc1ccc(-c2n[nH]c(=S)n2N/N=C/c2ccccc2)cc1. The van der Waals surface area contributed by atoms with Gasteiger partial charge in [0.2, 0.25) is 4.77 Å². The molecule has 0 amide bonds. The first kappa shape index (κ1) is 15.9. The van der Waals surface area contributed by atoms with Crippen LogP contribution < -0.4 is 10.3 Å². The minimum atomic E-state index is 0.434. The second-order valence-corrected chi connectivity index (χ2v) is 5.30. The minimum absolute atomic E-state index is 0.434. The van der Waals surface area contributed by atoms with Crippen molar-refractivity contribution in [1.82, 2.24) is 14.9 Å². The number of hydrazone groups is 1. The Balaban J connectivity index is 1.81. The van der Waals surface area contributed by atoms with Crippen LogP contribution >= 0.6 is 12.2 Å². The Bertz CT molecular complexity index is 868. The van der Waals surface area contributed by atoms with E-state index in [1.54, 1.807) is 10.9 Å². The van der Waals surface area contributed by atoms with Crippen molar-refractivity contribution in [1.29, 1.82) is 0 Å². The van der Waals surface area contributed by atoms with E-state index in [9.17, 15) is 0 Å². The highest BCUT2D eigenvalue weighted by molar-refractivity contribution is 7.71. The van der Waals surface area contributed by atoms with Crippen LogP contribution in [0.15, 0.2) is 59.7 Å². The van der Waals surface area contributed by atoms with Gasteiger partial charge in [0.1, 0.15) is 5.75 Å². The summed E-state index contributed by atoms with van der Waals surface area (Å²) in [6, 6.07) is 17.4. The fourth-order valence-corrected chi connectivity index (χ4v) is 2.32. The number of rotatable bonds is 6. The summed E-state index contributed by atoms with van der Waals surface area (Å²) in [5.74, 6) is 1.46. The number of nitrogens with one attached hydrogen (secondary N) is 2. The average Bonchev–Trinajstić information content (AvgIpc) is 2.98. The Labute approximate surface area is 144 Å². The maximum Gasteiger partial charge on any atom is 0.216 e. The average molecular weight is 339 g/mol. The largest absolute Gasteiger partial charge is 0.494 e. The summed E-state index contributed by atoms with van der Waals surface area (Å²) in [5.41, 5.74) is 4.79. The van der Waals surface area contributed by atoms with Crippen LogP contribution in [0, 0.1) is 4.77 Å². The van der Waals surface area contributed by atoms with Crippen LogP contribution in [0.1, 0.15) is 12.5 Å². The van der Waals surface area contributed by atoms with Gasteiger partial charge in [-0.25, -0.2) is 10.6 Å². The van der Waals surface area contributed by atoms with E-state index in [1.165, 1.54) is 0 Å². The summed E-state index contributed by atoms with van der Waals surface area (Å²) in [4.78, 5) is 0. The standard InChI is InChI=1S/C17H17N5OS/c1-2-23-15-10-8-14(9-11-15)16-19-20-17(24)22(16)21-18-12-13-6-4-3-5-7-13/h3-12,21H,2H2,1H3,(H,20,24)/b18-12+. The van der Waals surface area contributed by atoms with Gasteiger partial charge in [0.05, 0.1) is 12.8 Å². The van der Waals surface area contributed by atoms with E-state index in [-0.39, 0.29) is 0 Å². The van der Waals surface area contributed by atoms with E-state index in [2.05, 4.69) is 20.8 Å². The maximum absolute atomic E-state index is 5.45. The first-order valence-corrected chi connectivity index (χ1v) is 7.93. The fourth-order valence-electron chi connectivity index (χ4n) is 2.15. The van der Waals surface area contributed by atoms with Crippen molar-refractivity contribution in [3.05, 3.63) is 64.9 Å². The monoisotopic (exact) mass is 339 g/mol. The van der Waals surface area contributed by atoms with Crippen LogP contribution in [-0.4, -0.2) is 27.7 Å². The van der Waals surface area contributed by atoms with Gasteiger partial charge in [-0.3, -0.25) is 0 Å². The highest BCUT2D eigenvalue weighted by atomic mass is 32.1. The molecule has 0 saturated heterocycles. The first-order chi connectivity index (χ1) is 11.8. The Morgan fingerprint density at radius 1 is 1.21 bits per heavy atom. The third-order valence-corrected chi connectivity index (χ3v) is 3.54. The topological polar surface area (TPSA) is 67.2 Å². The summed E-state index contributed by atoms with van der Waals surface area (Å²) < 4.78 is 7.50. The highest BCUT2D eigenvalue weighted by Crippen LogP contribution is 2.20. The molecule has 6 nitrogen and oxygen atoms in total. The summed E-state index contributed by atoms with van der Waals surface area (Å²) >= 11 is 5.25. The number of H-pyrrole nitrogens is 1. The number of benzene rings is 2. The van der Waals surface area contributed by atoms with Crippen molar-refractivity contribution in [2.24, 2.45) is 5.10 Å². The molecule has 3 rings (SSSR count). The molecule has 0 aliphatic heterocycles. The molecule has 0 aliphatic rings. The lowest BCUT2D eigenvalue weighted by Gasteiger charge is -2.07. The van der Waals surface area contributed by atoms with E-state index in [4.69, 9.17) is 17.0 Å². The van der Waals surface area contributed by atoms with Crippen molar-refractivity contribution in [3.63, 3.8) is 0 Å². The lowest BCUT2D eigenvalue weighted by Crippen LogP contribution is -2.10. The van der Waals surface area contributed by atoms with Crippen molar-refractivity contribution in [2.75, 3.05) is 12.1 Å². The van der Waals surface area contributed by atoms with Gasteiger partial charge in [0.25, 0.3) is 0 Å². The minimum Gasteiger partial charge on any atom is -0.494 e. The molecule has 0 fully saturated rings. The zero-order valence-corrected chi connectivity index (χ0v) is 14.0. The second kappa shape index (κ2) is 7.56. The molecule has 24 heavy (non-hydrogen) atoms. The molecule has 2 aromatic carbocycles. The van der Waals surface area contributed by atoms with E-state index in [0.717, 1.165) is 16.9 Å². The van der Waals surface area contributed by atoms with Gasteiger partial charge in [-0.05, 0) is 49.0 Å². The number of aromatic amines is 1. The lowest BCUT2D eigenvalue weighted by molar-refractivity contribution is 0.340. The predicted molar refractivity (Wildman–Crippen MR) is 97.4 cm³/mol. The van der Waals surface area contributed by atoms with Gasteiger partial charge in [-0.2, -0.15) is 14.9 Å². The van der Waals surface area contributed by atoms with Crippen molar-refractivity contribution >= 4 is 18.4 Å². The molecule has 0 aliphatic carbocycles. The molecule has 0 radical (unpaired) electrons. The molecule has 3 aromatic rings. The van der Waals surface area contributed by atoms with Crippen molar-refractivity contribution < 1.29 is 4.74 Å². The summed E-state index contributed by atoms with van der Waals surface area (Å²) in [6.45, 7) is 2.58. The van der Waals surface area contributed by atoms with Crippen LogP contribution in [0.2, 0.25) is 0 Å². The van der Waals surface area contributed by atoms with Crippen LogP contribution in [0.25, 0.3) is 11.4 Å². The lowest BCUT2D eigenvalue weighted by atomic mass is 10.2. The van der Waals surface area contributed by atoms with Gasteiger partial charge in [0, 0.05) is 5.56 Å². The molecule has 7 heteroatoms. The zero-order chi connectivity index (χ0) is 16.8. The fraction of sp³-hybridized carbons (Fsp3) is 0.118. The molecule has 0 atom stereocenters. The Morgan fingerprint density at radius 2 is 1.96 bits per heavy atom. The zero-order valence-electron chi connectivity index (χ0n) is 13.1. The smallest absolute Gasteiger partial charge is 0.216 e. The van der Waals surface area contributed by atoms with Crippen molar-refractivity contribution in [3.8, 4) is 17.1 Å². The number of hydrogen-bond donors (Lipinski definition) is 2. The van der Waals surface area contributed by atoms with Crippen molar-refractivity contribution in [2.45, 2.75) is 6.92 Å². The summed E-state index contributed by atoms with van der Waals surface area (Å²) in [7, 11) is 0. The van der Waals surface area contributed by atoms with E-state index in [1.807, 2.05) is 61.5 Å². The molecular formula is C17H17N5OS. The predicted octanol–water partition coefficient (Wildman–Crippen LogP) is 3.58. The van der Waals surface area contributed by atoms with Gasteiger partial charge in [-0.15, -0.1) is 0 Å². The van der Waals surface area contributed by atoms with Gasteiger partial charge < -0.3 is 4.74 Å². The molecule has 122 valence electrons. The Morgan fingerprint density at radius 3 is 2.67 bits per heavy atom. The molecule has 0 spiro atoms. The number of hydrogen-bond acceptors (Lipinski definition) is 5. The van der Waals surface area contributed by atoms with Gasteiger partial charge in [0.15, 0.2) is 5.82 Å². The van der Waals surface area contributed by atoms with Crippen LogP contribution in [0.4, 0.5) is 0 Å². The summed E-state index contributed by atoms with van der Waals surface area (Å²) in [5, 5.41) is 11.2. The quantitative estimate of drug-likeness (QED) is 0.409. The number of nitrogens with zero attached hydrogens (tertiary/aromatic N) is 3. The number of ether oxygens (including phenoxy) is 1. The third kappa shape index (κ3) is 3.69.